The Labute approximate surface area is 157 Å². The SMILES string of the molecule is O=C(c1ccc(F)cc1F)N1CCN(C(=O)c2ccc(F)cc2F)C(CO)C1. The summed E-state index contributed by atoms with van der Waals surface area (Å²) in [5.74, 6) is -5.16. The van der Waals surface area contributed by atoms with Gasteiger partial charge in [0.25, 0.3) is 11.8 Å². The lowest BCUT2D eigenvalue weighted by Crippen LogP contribution is -2.58. The number of halogens is 4. The normalized spacial score (nSPS) is 17.0. The fraction of sp³-hybridized carbons (Fsp3) is 0.263. The molecule has 0 aromatic heterocycles. The fourth-order valence-corrected chi connectivity index (χ4v) is 3.11. The number of hydrogen-bond donors (Lipinski definition) is 1. The van der Waals surface area contributed by atoms with Crippen molar-refractivity contribution in [3.05, 3.63) is 70.8 Å². The molecule has 28 heavy (non-hydrogen) atoms. The van der Waals surface area contributed by atoms with Gasteiger partial charge in [-0.1, -0.05) is 0 Å². The van der Waals surface area contributed by atoms with Crippen molar-refractivity contribution in [2.45, 2.75) is 6.04 Å². The van der Waals surface area contributed by atoms with Crippen LogP contribution in [-0.2, 0) is 0 Å². The van der Waals surface area contributed by atoms with Crippen LogP contribution < -0.4 is 0 Å². The van der Waals surface area contributed by atoms with Crippen molar-refractivity contribution in [3.8, 4) is 0 Å². The molecule has 2 aromatic rings. The van der Waals surface area contributed by atoms with E-state index < -0.39 is 47.7 Å². The summed E-state index contributed by atoms with van der Waals surface area (Å²) < 4.78 is 53.9. The third kappa shape index (κ3) is 3.84. The zero-order valence-electron chi connectivity index (χ0n) is 14.5. The number of rotatable bonds is 3. The number of hydrogen-bond acceptors (Lipinski definition) is 3. The molecule has 1 aliphatic heterocycles. The van der Waals surface area contributed by atoms with Gasteiger partial charge in [-0.15, -0.1) is 0 Å². The lowest BCUT2D eigenvalue weighted by Gasteiger charge is -2.40. The Morgan fingerprint density at radius 2 is 1.43 bits per heavy atom. The lowest BCUT2D eigenvalue weighted by molar-refractivity contribution is 0.0263. The summed E-state index contributed by atoms with van der Waals surface area (Å²) in [6.07, 6.45) is 0. The van der Waals surface area contributed by atoms with Crippen molar-refractivity contribution in [1.29, 1.82) is 0 Å². The molecule has 2 amide bonds. The zero-order valence-corrected chi connectivity index (χ0v) is 14.5. The van der Waals surface area contributed by atoms with Gasteiger partial charge >= 0.3 is 0 Å². The van der Waals surface area contributed by atoms with E-state index in [1.807, 2.05) is 0 Å². The molecule has 1 N–H and O–H groups in total. The molecular formula is C19H16F4N2O3. The number of benzene rings is 2. The topological polar surface area (TPSA) is 60.9 Å². The van der Waals surface area contributed by atoms with Crippen LogP contribution in [0.4, 0.5) is 17.6 Å². The highest BCUT2D eigenvalue weighted by atomic mass is 19.1. The summed E-state index contributed by atoms with van der Waals surface area (Å²) in [5, 5.41) is 9.62. The highest BCUT2D eigenvalue weighted by Crippen LogP contribution is 2.20. The van der Waals surface area contributed by atoms with Gasteiger partial charge in [0.2, 0.25) is 0 Å². The minimum absolute atomic E-state index is 0.000698. The Bertz CT molecular complexity index is 922. The molecular weight excluding hydrogens is 380 g/mol. The molecule has 0 bridgehead atoms. The first kappa shape index (κ1) is 19.8. The first-order chi connectivity index (χ1) is 13.3. The van der Waals surface area contributed by atoms with Crippen LogP contribution in [0.1, 0.15) is 20.7 Å². The Balaban J connectivity index is 1.78. The highest BCUT2D eigenvalue weighted by Gasteiger charge is 2.34. The predicted molar refractivity (Wildman–Crippen MR) is 90.5 cm³/mol. The van der Waals surface area contributed by atoms with Crippen molar-refractivity contribution in [3.63, 3.8) is 0 Å². The number of carbonyl (C=O) groups is 2. The number of nitrogens with zero attached hydrogens (tertiary/aromatic N) is 2. The van der Waals surface area contributed by atoms with Gasteiger partial charge < -0.3 is 14.9 Å². The van der Waals surface area contributed by atoms with E-state index in [0.29, 0.717) is 12.1 Å². The standard InChI is InChI=1S/C19H16F4N2O3/c20-11-1-3-14(16(22)7-11)18(27)24-5-6-25(13(9-24)10-26)19(28)15-4-2-12(21)8-17(15)23/h1-4,7-8,13,26H,5-6,9-10H2. The molecule has 9 heteroatoms. The van der Waals surface area contributed by atoms with Gasteiger partial charge in [-0.2, -0.15) is 0 Å². The summed E-state index contributed by atoms with van der Waals surface area (Å²) in [5.41, 5.74) is -0.688. The number of carbonyl (C=O) groups excluding carboxylic acids is 2. The molecule has 5 nitrogen and oxygen atoms in total. The van der Waals surface area contributed by atoms with Gasteiger partial charge in [0, 0.05) is 31.8 Å². The second-order valence-corrected chi connectivity index (χ2v) is 6.33. The molecule has 0 spiro atoms. The predicted octanol–water partition coefficient (Wildman–Crippen LogP) is 2.20. The Morgan fingerprint density at radius 1 is 0.893 bits per heavy atom. The minimum Gasteiger partial charge on any atom is -0.394 e. The van der Waals surface area contributed by atoms with Crippen LogP contribution in [-0.4, -0.2) is 59.0 Å². The van der Waals surface area contributed by atoms with Gasteiger partial charge in [-0.3, -0.25) is 9.59 Å². The molecule has 0 aliphatic carbocycles. The maximum absolute atomic E-state index is 13.9. The van der Waals surface area contributed by atoms with Gasteiger partial charge in [0.1, 0.15) is 23.3 Å². The van der Waals surface area contributed by atoms with E-state index >= 15 is 0 Å². The summed E-state index contributed by atoms with van der Waals surface area (Å²) in [6.45, 7) is -0.693. The van der Waals surface area contributed by atoms with E-state index in [1.165, 1.54) is 9.80 Å². The largest absolute Gasteiger partial charge is 0.394 e. The maximum atomic E-state index is 13.9. The maximum Gasteiger partial charge on any atom is 0.257 e. The van der Waals surface area contributed by atoms with E-state index in [9.17, 15) is 32.3 Å². The molecule has 3 rings (SSSR count). The van der Waals surface area contributed by atoms with Crippen LogP contribution in [0.25, 0.3) is 0 Å². The molecule has 1 unspecified atom stereocenters. The molecule has 1 fully saturated rings. The zero-order chi connectivity index (χ0) is 20.4. The third-order valence-electron chi connectivity index (χ3n) is 4.56. The molecule has 0 saturated carbocycles. The molecule has 2 aromatic carbocycles. The third-order valence-corrected chi connectivity index (χ3v) is 4.56. The Morgan fingerprint density at radius 3 is 1.93 bits per heavy atom. The molecule has 1 saturated heterocycles. The molecule has 1 atom stereocenters. The molecule has 1 heterocycles. The van der Waals surface area contributed by atoms with Crippen LogP contribution in [0.15, 0.2) is 36.4 Å². The summed E-state index contributed by atoms with van der Waals surface area (Å²) in [4.78, 5) is 27.5. The van der Waals surface area contributed by atoms with Crippen LogP contribution in [0.5, 0.6) is 0 Å². The van der Waals surface area contributed by atoms with E-state index in [4.69, 9.17) is 0 Å². The Kier molecular flexibility index (Phi) is 5.64. The monoisotopic (exact) mass is 396 g/mol. The smallest absolute Gasteiger partial charge is 0.257 e. The number of piperazine rings is 1. The molecule has 0 radical (unpaired) electrons. The van der Waals surface area contributed by atoms with E-state index in [0.717, 1.165) is 24.3 Å². The van der Waals surface area contributed by atoms with Crippen molar-refractivity contribution in [2.24, 2.45) is 0 Å². The highest BCUT2D eigenvalue weighted by molar-refractivity contribution is 5.96. The van der Waals surface area contributed by atoms with Crippen molar-refractivity contribution in [1.82, 2.24) is 9.80 Å². The van der Waals surface area contributed by atoms with Crippen LogP contribution in [0.2, 0.25) is 0 Å². The van der Waals surface area contributed by atoms with Crippen molar-refractivity contribution >= 4 is 11.8 Å². The summed E-state index contributed by atoms with van der Waals surface area (Å²) in [6, 6.07) is 4.24. The van der Waals surface area contributed by atoms with Gasteiger partial charge in [-0.25, -0.2) is 17.6 Å². The average Bonchev–Trinajstić information content (AvgIpc) is 2.66. The average molecular weight is 396 g/mol. The van der Waals surface area contributed by atoms with E-state index in [1.54, 1.807) is 0 Å². The number of aliphatic hydroxyl groups excluding tert-OH is 1. The first-order valence-electron chi connectivity index (χ1n) is 8.43. The quantitative estimate of drug-likeness (QED) is 0.810. The van der Waals surface area contributed by atoms with Crippen molar-refractivity contribution in [2.75, 3.05) is 26.2 Å². The van der Waals surface area contributed by atoms with Crippen molar-refractivity contribution < 1.29 is 32.3 Å². The van der Waals surface area contributed by atoms with Crippen LogP contribution in [0, 0.1) is 23.3 Å². The minimum atomic E-state index is -1.03. The van der Waals surface area contributed by atoms with Gasteiger partial charge in [0.05, 0.1) is 23.8 Å². The molecule has 1 aliphatic rings. The Hall–Kier alpha value is -2.94. The second kappa shape index (κ2) is 7.97. The van der Waals surface area contributed by atoms with Gasteiger partial charge in [-0.05, 0) is 24.3 Å². The fourth-order valence-electron chi connectivity index (χ4n) is 3.11. The summed E-state index contributed by atoms with van der Waals surface area (Å²) >= 11 is 0. The summed E-state index contributed by atoms with van der Waals surface area (Å²) in [7, 11) is 0. The van der Waals surface area contributed by atoms with E-state index in [-0.39, 0.29) is 30.8 Å². The van der Waals surface area contributed by atoms with Crippen LogP contribution >= 0.6 is 0 Å². The number of aliphatic hydroxyl groups is 1. The second-order valence-electron chi connectivity index (χ2n) is 6.33. The van der Waals surface area contributed by atoms with E-state index in [2.05, 4.69) is 0 Å². The van der Waals surface area contributed by atoms with Crippen LogP contribution in [0.3, 0.4) is 0 Å². The van der Waals surface area contributed by atoms with Gasteiger partial charge in [0.15, 0.2) is 0 Å². The number of amides is 2. The lowest BCUT2D eigenvalue weighted by atomic mass is 10.1. The first-order valence-corrected chi connectivity index (χ1v) is 8.43. The molecule has 148 valence electrons.